The fourth-order valence-electron chi connectivity index (χ4n) is 2.72. The first-order valence-corrected chi connectivity index (χ1v) is 8.79. The number of amides is 1. The number of nitrogens with zero attached hydrogens (tertiary/aromatic N) is 2. The van der Waals surface area contributed by atoms with Crippen LogP contribution in [0.15, 0.2) is 23.6 Å². The van der Waals surface area contributed by atoms with E-state index in [9.17, 15) is 4.79 Å². The van der Waals surface area contributed by atoms with E-state index in [2.05, 4.69) is 10.3 Å². The molecule has 0 spiro atoms. The molecule has 0 bridgehead atoms. The molecule has 0 radical (unpaired) electrons. The van der Waals surface area contributed by atoms with Gasteiger partial charge in [0, 0.05) is 24.0 Å². The largest absolute Gasteiger partial charge is 0.497 e. The molecule has 2 aromatic rings. The molecule has 1 aliphatic heterocycles. The lowest BCUT2D eigenvalue weighted by atomic mass is 10.1. The van der Waals surface area contributed by atoms with Crippen LogP contribution in [-0.2, 0) is 4.79 Å². The van der Waals surface area contributed by atoms with Gasteiger partial charge in [-0.15, -0.1) is 11.3 Å². The first kappa shape index (κ1) is 16.6. The Labute approximate surface area is 145 Å². The van der Waals surface area contributed by atoms with E-state index >= 15 is 0 Å². The van der Waals surface area contributed by atoms with Crippen molar-refractivity contribution >= 4 is 22.4 Å². The van der Waals surface area contributed by atoms with E-state index < -0.39 is 0 Å². The summed E-state index contributed by atoms with van der Waals surface area (Å²) in [6.45, 7) is 2.01. The summed E-state index contributed by atoms with van der Waals surface area (Å²) in [5.74, 6) is 1.61. The molecule has 1 aromatic heterocycles. The third kappa shape index (κ3) is 3.62. The van der Waals surface area contributed by atoms with Crippen LogP contribution < -0.4 is 14.8 Å². The van der Waals surface area contributed by atoms with Gasteiger partial charge in [-0.05, 0) is 31.0 Å². The minimum absolute atomic E-state index is 0.128. The molecule has 1 saturated heterocycles. The fourth-order valence-corrected chi connectivity index (χ4v) is 3.43. The van der Waals surface area contributed by atoms with E-state index in [0.29, 0.717) is 0 Å². The monoisotopic (exact) mass is 347 g/mol. The number of likely N-dealkylation sites (tertiary alicyclic amines) is 1. The van der Waals surface area contributed by atoms with Crippen molar-refractivity contribution in [2.24, 2.45) is 0 Å². The molecule has 1 aromatic carbocycles. The van der Waals surface area contributed by atoms with Crippen LogP contribution in [0.25, 0.3) is 11.3 Å². The topological polar surface area (TPSA) is 63.7 Å². The summed E-state index contributed by atoms with van der Waals surface area (Å²) >= 11 is 1.47. The Morgan fingerprint density at radius 3 is 2.79 bits per heavy atom. The lowest BCUT2D eigenvalue weighted by molar-refractivity contribution is -0.128. The van der Waals surface area contributed by atoms with Crippen molar-refractivity contribution in [3.8, 4) is 22.8 Å². The summed E-state index contributed by atoms with van der Waals surface area (Å²) in [4.78, 5) is 18.5. The van der Waals surface area contributed by atoms with Crippen LogP contribution in [0.1, 0.15) is 12.8 Å². The summed E-state index contributed by atoms with van der Waals surface area (Å²) in [5.41, 5.74) is 1.67. The zero-order valence-corrected chi connectivity index (χ0v) is 14.7. The maximum atomic E-state index is 12.1. The van der Waals surface area contributed by atoms with Gasteiger partial charge >= 0.3 is 0 Å². The summed E-state index contributed by atoms with van der Waals surface area (Å²) in [5, 5.41) is 5.79. The first-order chi connectivity index (χ1) is 11.7. The van der Waals surface area contributed by atoms with Crippen molar-refractivity contribution < 1.29 is 14.3 Å². The molecule has 2 heterocycles. The maximum absolute atomic E-state index is 12.1. The Morgan fingerprint density at radius 1 is 1.29 bits per heavy atom. The smallest absolute Gasteiger partial charge is 0.241 e. The highest BCUT2D eigenvalue weighted by molar-refractivity contribution is 7.14. The highest BCUT2D eigenvalue weighted by Gasteiger charge is 2.18. The summed E-state index contributed by atoms with van der Waals surface area (Å²) < 4.78 is 10.7. The van der Waals surface area contributed by atoms with E-state index in [1.807, 2.05) is 28.5 Å². The Balaban J connectivity index is 1.70. The van der Waals surface area contributed by atoms with Gasteiger partial charge in [0.15, 0.2) is 5.13 Å². The van der Waals surface area contributed by atoms with Crippen LogP contribution in [0, 0.1) is 0 Å². The standard InChI is InChI=1S/C17H21N3O3S/c1-22-12-5-6-15(23-2)13(9-12)14-11-24-17(19-14)18-10-16(21)20-7-3-4-8-20/h5-6,9,11H,3-4,7-8,10H2,1-2H3,(H,18,19). The van der Waals surface area contributed by atoms with Crippen LogP contribution in [0.3, 0.4) is 0 Å². The van der Waals surface area contributed by atoms with Crippen molar-refractivity contribution in [3.05, 3.63) is 23.6 Å². The molecular formula is C17H21N3O3S. The molecule has 0 saturated carbocycles. The van der Waals surface area contributed by atoms with Crippen molar-refractivity contribution in [1.29, 1.82) is 0 Å². The van der Waals surface area contributed by atoms with Crippen LogP contribution >= 0.6 is 11.3 Å². The Bertz CT molecular complexity index is 711. The predicted octanol–water partition coefficient (Wildman–Crippen LogP) is 2.86. The maximum Gasteiger partial charge on any atom is 0.241 e. The van der Waals surface area contributed by atoms with Gasteiger partial charge in [0.05, 0.1) is 26.5 Å². The zero-order valence-electron chi connectivity index (χ0n) is 13.9. The number of hydrogen-bond acceptors (Lipinski definition) is 6. The van der Waals surface area contributed by atoms with Gasteiger partial charge in [-0.1, -0.05) is 0 Å². The Kier molecular flexibility index (Phi) is 5.20. The quantitative estimate of drug-likeness (QED) is 0.870. The number of nitrogens with one attached hydrogen (secondary N) is 1. The number of carbonyl (C=O) groups excluding carboxylic acids is 1. The molecule has 128 valence electrons. The molecular weight excluding hydrogens is 326 g/mol. The second-order valence-electron chi connectivity index (χ2n) is 5.55. The number of aromatic nitrogens is 1. The average molecular weight is 347 g/mol. The van der Waals surface area contributed by atoms with Crippen molar-refractivity contribution in [2.75, 3.05) is 39.2 Å². The van der Waals surface area contributed by atoms with Crippen LogP contribution in [0.4, 0.5) is 5.13 Å². The minimum atomic E-state index is 0.128. The Morgan fingerprint density at radius 2 is 2.08 bits per heavy atom. The molecule has 1 amide bonds. The molecule has 0 atom stereocenters. The van der Waals surface area contributed by atoms with Gasteiger partial charge in [-0.2, -0.15) is 0 Å². The third-order valence-corrected chi connectivity index (χ3v) is 4.84. The minimum Gasteiger partial charge on any atom is -0.497 e. The molecule has 0 aliphatic carbocycles. The van der Waals surface area contributed by atoms with Gasteiger partial charge in [-0.25, -0.2) is 4.98 Å². The number of hydrogen-bond donors (Lipinski definition) is 1. The van der Waals surface area contributed by atoms with E-state index in [1.54, 1.807) is 14.2 Å². The van der Waals surface area contributed by atoms with Gasteiger partial charge in [0.2, 0.25) is 5.91 Å². The van der Waals surface area contributed by atoms with Crippen LogP contribution in [0.2, 0.25) is 0 Å². The lowest BCUT2D eigenvalue weighted by Gasteiger charge is -2.14. The Hall–Kier alpha value is -2.28. The number of benzene rings is 1. The van der Waals surface area contributed by atoms with Gasteiger partial charge in [0.1, 0.15) is 11.5 Å². The van der Waals surface area contributed by atoms with E-state index in [-0.39, 0.29) is 12.5 Å². The summed E-state index contributed by atoms with van der Waals surface area (Å²) in [6, 6.07) is 5.60. The predicted molar refractivity (Wildman–Crippen MR) is 95.0 cm³/mol. The molecule has 1 N–H and O–H groups in total. The van der Waals surface area contributed by atoms with E-state index in [0.717, 1.165) is 53.8 Å². The normalized spacial score (nSPS) is 13.8. The van der Waals surface area contributed by atoms with Gasteiger partial charge in [-0.3, -0.25) is 4.79 Å². The molecule has 7 heteroatoms. The van der Waals surface area contributed by atoms with Crippen molar-refractivity contribution in [1.82, 2.24) is 9.88 Å². The molecule has 24 heavy (non-hydrogen) atoms. The molecule has 3 rings (SSSR count). The number of carbonyl (C=O) groups is 1. The van der Waals surface area contributed by atoms with Crippen molar-refractivity contribution in [2.45, 2.75) is 12.8 Å². The highest BCUT2D eigenvalue weighted by Crippen LogP contribution is 2.34. The molecule has 0 unspecified atom stereocenters. The number of thiazole rings is 1. The third-order valence-electron chi connectivity index (χ3n) is 4.04. The number of ether oxygens (including phenoxy) is 2. The summed E-state index contributed by atoms with van der Waals surface area (Å²) in [6.07, 6.45) is 2.20. The second-order valence-corrected chi connectivity index (χ2v) is 6.40. The SMILES string of the molecule is COc1ccc(OC)c(-c2csc(NCC(=O)N3CCCC3)n2)c1. The number of methoxy groups -OCH3 is 2. The van der Waals surface area contributed by atoms with Gasteiger partial charge < -0.3 is 19.7 Å². The number of anilines is 1. The molecule has 6 nitrogen and oxygen atoms in total. The van der Waals surface area contributed by atoms with Gasteiger partial charge in [0.25, 0.3) is 0 Å². The highest BCUT2D eigenvalue weighted by atomic mass is 32.1. The summed E-state index contributed by atoms with van der Waals surface area (Å²) in [7, 11) is 3.26. The fraction of sp³-hybridized carbons (Fsp3) is 0.412. The molecule has 1 aliphatic rings. The van der Waals surface area contributed by atoms with Crippen LogP contribution in [-0.4, -0.2) is 49.6 Å². The zero-order chi connectivity index (χ0) is 16.9. The van der Waals surface area contributed by atoms with Crippen molar-refractivity contribution in [3.63, 3.8) is 0 Å². The molecule has 1 fully saturated rings. The van der Waals surface area contributed by atoms with E-state index in [1.165, 1.54) is 11.3 Å². The average Bonchev–Trinajstić information content (AvgIpc) is 3.30. The van der Waals surface area contributed by atoms with Crippen LogP contribution in [0.5, 0.6) is 11.5 Å². The number of rotatable bonds is 6. The lowest BCUT2D eigenvalue weighted by Crippen LogP contribution is -2.32. The van der Waals surface area contributed by atoms with E-state index in [4.69, 9.17) is 9.47 Å². The first-order valence-electron chi connectivity index (χ1n) is 7.91. The second kappa shape index (κ2) is 7.53.